The van der Waals surface area contributed by atoms with E-state index in [9.17, 15) is 14.0 Å². The molecule has 0 bridgehead atoms. The summed E-state index contributed by atoms with van der Waals surface area (Å²) >= 11 is 0. The third-order valence-electron chi connectivity index (χ3n) is 4.96. The number of benzene rings is 1. The van der Waals surface area contributed by atoms with Gasteiger partial charge < -0.3 is 10.4 Å². The second-order valence-corrected chi connectivity index (χ2v) is 6.47. The molecule has 0 heterocycles. The van der Waals surface area contributed by atoms with Gasteiger partial charge in [-0.2, -0.15) is 0 Å². The molecule has 22 heavy (non-hydrogen) atoms. The topological polar surface area (TPSA) is 66.4 Å². The van der Waals surface area contributed by atoms with E-state index in [1.165, 1.54) is 12.1 Å². The van der Waals surface area contributed by atoms with Crippen LogP contribution >= 0.6 is 0 Å². The normalized spacial score (nSPS) is 26.2. The van der Waals surface area contributed by atoms with Crippen LogP contribution in [0.3, 0.4) is 0 Å². The van der Waals surface area contributed by atoms with E-state index in [0.717, 1.165) is 18.4 Å². The molecule has 2 aliphatic carbocycles. The summed E-state index contributed by atoms with van der Waals surface area (Å²) in [4.78, 5) is 23.4. The van der Waals surface area contributed by atoms with Crippen LogP contribution in [0.1, 0.15) is 44.1 Å². The van der Waals surface area contributed by atoms with Crippen molar-refractivity contribution in [2.75, 3.05) is 0 Å². The van der Waals surface area contributed by atoms with Crippen molar-refractivity contribution in [3.05, 3.63) is 35.6 Å². The standard InChI is InChI=1S/C17H20FNO3/c18-14-7-5-13(6-8-14)17(9-10-17)19-15(20)11-1-3-12(4-2-11)16(21)22/h5-8,11-12H,1-4,9-10H2,(H,19,20)(H,21,22). The Bertz CT molecular complexity index is 572. The molecule has 0 radical (unpaired) electrons. The molecule has 2 fully saturated rings. The van der Waals surface area contributed by atoms with Crippen molar-refractivity contribution in [2.45, 2.75) is 44.1 Å². The van der Waals surface area contributed by atoms with E-state index in [1.807, 2.05) is 0 Å². The van der Waals surface area contributed by atoms with Crippen LogP contribution in [0, 0.1) is 17.7 Å². The second kappa shape index (κ2) is 5.71. The number of hydrogen-bond acceptors (Lipinski definition) is 2. The monoisotopic (exact) mass is 305 g/mol. The highest BCUT2D eigenvalue weighted by molar-refractivity contribution is 5.80. The van der Waals surface area contributed by atoms with Gasteiger partial charge in [-0.1, -0.05) is 12.1 Å². The zero-order valence-electron chi connectivity index (χ0n) is 12.3. The number of aliphatic carboxylic acids is 1. The third-order valence-corrected chi connectivity index (χ3v) is 4.96. The van der Waals surface area contributed by atoms with Gasteiger partial charge in [0.05, 0.1) is 11.5 Å². The molecule has 0 spiro atoms. The highest BCUT2D eigenvalue weighted by Crippen LogP contribution is 2.46. The lowest BCUT2D eigenvalue weighted by molar-refractivity contribution is -0.144. The van der Waals surface area contributed by atoms with Gasteiger partial charge in [0.25, 0.3) is 0 Å². The molecule has 0 saturated heterocycles. The molecule has 2 saturated carbocycles. The van der Waals surface area contributed by atoms with E-state index in [1.54, 1.807) is 12.1 Å². The molecule has 118 valence electrons. The van der Waals surface area contributed by atoms with Crippen molar-refractivity contribution in [1.29, 1.82) is 0 Å². The maximum atomic E-state index is 13.0. The highest BCUT2D eigenvalue weighted by Gasteiger charge is 2.46. The molecule has 2 aliphatic rings. The molecule has 0 atom stereocenters. The maximum Gasteiger partial charge on any atom is 0.306 e. The molecule has 0 aliphatic heterocycles. The van der Waals surface area contributed by atoms with Crippen LogP contribution in [0.15, 0.2) is 24.3 Å². The Labute approximate surface area is 128 Å². The van der Waals surface area contributed by atoms with Gasteiger partial charge in [-0.25, -0.2) is 4.39 Å². The van der Waals surface area contributed by atoms with Crippen LogP contribution in [0.25, 0.3) is 0 Å². The summed E-state index contributed by atoms with van der Waals surface area (Å²) in [6.45, 7) is 0. The Kier molecular flexibility index (Phi) is 3.89. The molecule has 0 unspecified atom stereocenters. The molecule has 3 rings (SSSR count). The Hall–Kier alpha value is -1.91. The molecule has 5 heteroatoms. The lowest BCUT2D eigenvalue weighted by Crippen LogP contribution is -2.40. The number of amides is 1. The van der Waals surface area contributed by atoms with Gasteiger partial charge in [0.2, 0.25) is 5.91 Å². The van der Waals surface area contributed by atoms with Crippen LogP contribution in [0.5, 0.6) is 0 Å². The predicted octanol–water partition coefficient (Wildman–Crippen LogP) is 2.82. The van der Waals surface area contributed by atoms with E-state index in [0.29, 0.717) is 25.7 Å². The molecular formula is C17H20FNO3. The van der Waals surface area contributed by atoms with Gasteiger partial charge in [0.1, 0.15) is 5.82 Å². The van der Waals surface area contributed by atoms with Crippen LogP contribution in [0.2, 0.25) is 0 Å². The average molecular weight is 305 g/mol. The number of nitrogens with one attached hydrogen (secondary N) is 1. The Morgan fingerprint density at radius 3 is 2.09 bits per heavy atom. The largest absolute Gasteiger partial charge is 0.481 e. The fourth-order valence-electron chi connectivity index (χ4n) is 3.32. The van der Waals surface area contributed by atoms with Crippen LogP contribution in [0.4, 0.5) is 4.39 Å². The zero-order chi connectivity index (χ0) is 15.7. The first-order chi connectivity index (χ1) is 10.5. The van der Waals surface area contributed by atoms with Crippen LogP contribution in [-0.4, -0.2) is 17.0 Å². The molecule has 4 nitrogen and oxygen atoms in total. The summed E-state index contributed by atoms with van der Waals surface area (Å²) in [5.41, 5.74) is 0.607. The molecule has 2 N–H and O–H groups in total. The smallest absolute Gasteiger partial charge is 0.306 e. The number of carbonyl (C=O) groups is 2. The third kappa shape index (κ3) is 2.98. The van der Waals surface area contributed by atoms with Crippen molar-refractivity contribution in [2.24, 2.45) is 11.8 Å². The van der Waals surface area contributed by atoms with Crippen molar-refractivity contribution in [3.8, 4) is 0 Å². The van der Waals surface area contributed by atoms with Crippen LogP contribution < -0.4 is 5.32 Å². The van der Waals surface area contributed by atoms with Crippen LogP contribution in [-0.2, 0) is 15.1 Å². The minimum atomic E-state index is -0.760. The molecule has 1 aromatic rings. The summed E-state index contributed by atoms with van der Waals surface area (Å²) in [5, 5.41) is 12.1. The molecule has 1 amide bonds. The first kappa shape index (κ1) is 15.0. The summed E-state index contributed by atoms with van der Waals surface area (Å²) in [7, 11) is 0. The quantitative estimate of drug-likeness (QED) is 0.899. The number of carboxylic acid groups (broad SMARTS) is 1. The van der Waals surface area contributed by atoms with Gasteiger partial charge in [-0.3, -0.25) is 9.59 Å². The number of carboxylic acids is 1. The molecule has 1 aromatic carbocycles. The summed E-state index contributed by atoms with van der Waals surface area (Å²) < 4.78 is 13.0. The van der Waals surface area contributed by atoms with Crippen molar-refractivity contribution in [3.63, 3.8) is 0 Å². The molecule has 0 aromatic heterocycles. The number of carbonyl (C=O) groups excluding carboxylic acids is 1. The van der Waals surface area contributed by atoms with Gasteiger partial charge in [-0.05, 0) is 56.2 Å². The zero-order valence-corrected chi connectivity index (χ0v) is 12.3. The fourth-order valence-corrected chi connectivity index (χ4v) is 3.32. The van der Waals surface area contributed by atoms with Gasteiger partial charge in [-0.15, -0.1) is 0 Å². The Morgan fingerprint density at radius 2 is 1.59 bits per heavy atom. The number of rotatable bonds is 4. The van der Waals surface area contributed by atoms with Gasteiger partial charge in [0.15, 0.2) is 0 Å². The van der Waals surface area contributed by atoms with E-state index >= 15 is 0 Å². The molecular weight excluding hydrogens is 285 g/mol. The van der Waals surface area contributed by atoms with E-state index in [4.69, 9.17) is 5.11 Å². The summed E-state index contributed by atoms with van der Waals surface area (Å²) in [6, 6.07) is 6.28. The van der Waals surface area contributed by atoms with Gasteiger partial charge in [0, 0.05) is 5.92 Å². The minimum Gasteiger partial charge on any atom is -0.481 e. The number of halogens is 1. The SMILES string of the molecule is O=C(O)C1CCC(C(=O)NC2(c3ccc(F)cc3)CC2)CC1. The average Bonchev–Trinajstić information content (AvgIpc) is 3.28. The van der Waals surface area contributed by atoms with Crippen molar-refractivity contribution >= 4 is 11.9 Å². The number of hydrogen-bond donors (Lipinski definition) is 2. The Morgan fingerprint density at radius 1 is 1.05 bits per heavy atom. The Balaban J connectivity index is 1.60. The second-order valence-electron chi connectivity index (χ2n) is 6.47. The lowest BCUT2D eigenvalue weighted by Gasteiger charge is -2.27. The first-order valence-electron chi connectivity index (χ1n) is 7.81. The summed E-state index contributed by atoms with van der Waals surface area (Å²) in [5.74, 6) is -1.45. The van der Waals surface area contributed by atoms with Crippen molar-refractivity contribution in [1.82, 2.24) is 5.32 Å². The maximum absolute atomic E-state index is 13.0. The van der Waals surface area contributed by atoms with Gasteiger partial charge >= 0.3 is 5.97 Å². The predicted molar refractivity (Wildman–Crippen MR) is 78.5 cm³/mol. The first-order valence-corrected chi connectivity index (χ1v) is 7.81. The van der Waals surface area contributed by atoms with Crippen molar-refractivity contribution < 1.29 is 19.1 Å². The van der Waals surface area contributed by atoms with E-state index in [2.05, 4.69) is 5.32 Å². The lowest BCUT2D eigenvalue weighted by atomic mass is 9.81. The fraction of sp³-hybridized carbons (Fsp3) is 0.529. The van der Waals surface area contributed by atoms with E-state index < -0.39 is 5.97 Å². The summed E-state index contributed by atoms with van der Waals surface area (Å²) in [6.07, 6.45) is 4.13. The highest BCUT2D eigenvalue weighted by atomic mass is 19.1. The minimum absolute atomic E-state index is 0.00524. The van der Waals surface area contributed by atoms with E-state index in [-0.39, 0.29) is 29.1 Å².